The van der Waals surface area contributed by atoms with Gasteiger partial charge in [0.25, 0.3) is 0 Å². The fourth-order valence-corrected chi connectivity index (χ4v) is 3.28. The van der Waals surface area contributed by atoms with Gasteiger partial charge < -0.3 is 10.4 Å². The minimum absolute atomic E-state index is 0.327. The Balaban J connectivity index is 1.83. The van der Waals surface area contributed by atoms with Crippen molar-refractivity contribution < 1.29 is 5.11 Å². The minimum Gasteiger partial charge on any atom is -0.396 e. The van der Waals surface area contributed by atoms with Crippen molar-refractivity contribution >= 4 is 27.5 Å². The van der Waals surface area contributed by atoms with Crippen LogP contribution in [0.4, 0.5) is 0 Å². The summed E-state index contributed by atoms with van der Waals surface area (Å²) in [5, 5.41) is 13.5. The zero-order valence-electron chi connectivity index (χ0n) is 10.3. The zero-order valence-corrected chi connectivity index (χ0v) is 12.7. The molecule has 1 fully saturated rings. The van der Waals surface area contributed by atoms with Gasteiger partial charge in [-0.15, -0.1) is 0 Å². The van der Waals surface area contributed by atoms with Gasteiger partial charge >= 0.3 is 0 Å². The van der Waals surface area contributed by atoms with E-state index in [1.54, 1.807) is 0 Å². The van der Waals surface area contributed by atoms with Crippen LogP contribution in [-0.4, -0.2) is 18.3 Å². The molecule has 0 amide bonds. The molecular formula is C14H19BrClNO. The van der Waals surface area contributed by atoms with Gasteiger partial charge in [-0.3, -0.25) is 0 Å². The van der Waals surface area contributed by atoms with Crippen LogP contribution in [-0.2, 0) is 6.54 Å². The summed E-state index contributed by atoms with van der Waals surface area (Å²) in [6, 6.07) is 5.84. The molecular weight excluding hydrogens is 314 g/mol. The highest BCUT2D eigenvalue weighted by atomic mass is 79.9. The fourth-order valence-electron chi connectivity index (χ4n) is 2.69. The van der Waals surface area contributed by atoms with Crippen LogP contribution in [0.15, 0.2) is 22.7 Å². The third-order valence-corrected chi connectivity index (χ3v) is 4.79. The van der Waals surface area contributed by atoms with Gasteiger partial charge in [0, 0.05) is 22.6 Å². The molecule has 1 aliphatic carbocycles. The first-order valence-electron chi connectivity index (χ1n) is 6.46. The van der Waals surface area contributed by atoms with E-state index in [1.807, 2.05) is 18.2 Å². The smallest absolute Gasteiger partial charge is 0.0462 e. The standard InChI is InChI=1S/C14H19BrClNO/c15-14-5-4-13(16)6-12(14)8-17-7-10-2-1-3-11(10)9-18/h4-6,10-11,17-18H,1-3,7-9H2. The molecule has 100 valence electrons. The topological polar surface area (TPSA) is 32.3 Å². The van der Waals surface area contributed by atoms with Gasteiger partial charge in [-0.25, -0.2) is 0 Å². The van der Waals surface area contributed by atoms with Crippen LogP contribution < -0.4 is 5.32 Å². The quantitative estimate of drug-likeness (QED) is 0.863. The maximum Gasteiger partial charge on any atom is 0.0462 e. The minimum atomic E-state index is 0.327. The molecule has 0 spiro atoms. The molecule has 1 aromatic rings. The fraction of sp³-hybridized carbons (Fsp3) is 0.571. The number of hydrogen-bond acceptors (Lipinski definition) is 2. The Bertz CT molecular complexity index is 399. The first-order valence-corrected chi connectivity index (χ1v) is 7.63. The van der Waals surface area contributed by atoms with E-state index in [2.05, 4.69) is 21.2 Å². The van der Waals surface area contributed by atoms with E-state index in [-0.39, 0.29) is 0 Å². The van der Waals surface area contributed by atoms with Crippen LogP contribution in [0.25, 0.3) is 0 Å². The van der Waals surface area contributed by atoms with Crippen molar-refractivity contribution in [3.05, 3.63) is 33.3 Å². The Morgan fingerprint density at radius 3 is 2.89 bits per heavy atom. The summed E-state index contributed by atoms with van der Waals surface area (Å²) in [6.45, 7) is 2.12. The van der Waals surface area contributed by atoms with E-state index < -0.39 is 0 Å². The Hall–Kier alpha value is -0.0900. The molecule has 2 N–H and O–H groups in total. The number of benzene rings is 1. The largest absolute Gasteiger partial charge is 0.396 e. The summed E-state index contributed by atoms with van der Waals surface area (Å²) in [5.41, 5.74) is 1.18. The normalized spacial score (nSPS) is 23.5. The van der Waals surface area contributed by atoms with Crippen molar-refractivity contribution in [3.8, 4) is 0 Å². The summed E-state index contributed by atoms with van der Waals surface area (Å²) in [4.78, 5) is 0. The van der Waals surface area contributed by atoms with Crippen molar-refractivity contribution in [1.82, 2.24) is 5.32 Å². The lowest BCUT2D eigenvalue weighted by Crippen LogP contribution is -2.26. The second-order valence-electron chi connectivity index (χ2n) is 5.00. The van der Waals surface area contributed by atoms with Gasteiger partial charge in [0.1, 0.15) is 0 Å². The highest BCUT2D eigenvalue weighted by Crippen LogP contribution is 2.30. The molecule has 4 heteroatoms. The van der Waals surface area contributed by atoms with E-state index in [1.165, 1.54) is 24.8 Å². The van der Waals surface area contributed by atoms with E-state index in [0.717, 1.165) is 22.6 Å². The lowest BCUT2D eigenvalue weighted by Gasteiger charge is -2.18. The van der Waals surface area contributed by atoms with Crippen molar-refractivity contribution in [2.75, 3.05) is 13.2 Å². The first kappa shape index (κ1) is 14.3. The zero-order chi connectivity index (χ0) is 13.0. The summed E-state index contributed by atoms with van der Waals surface area (Å²) in [5.74, 6) is 1.10. The molecule has 0 radical (unpaired) electrons. The van der Waals surface area contributed by atoms with Crippen LogP contribution >= 0.6 is 27.5 Å². The molecule has 18 heavy (non-hydrogen) atoms. The second-order valence-corrected chi connectivity index (χ2v) is 6.29. The van der Waals surface area contributed by atoms with E-state index >= 15 is 0 Å². The predicted molar refractivity (Wildman–Crippen MR) is 78.8 cm³/mol. The van der Waals surface area contributed by atoms with Gasteiger partial charge in [0.2, 0.25) is 0 Å². The number of rotatable bonds is 5. The summed E-state index contributed by atoms with van der Waals surface area (Å²) < 4.78 is 1.09. The van der Waals surface area contributed by atoms with Crippen LogP contribution in [0, 0.1) is 11.8 Å². The summed E-state index contributed by atoms with van der Waals surface area (Å²) >= 11 is 9.52. The summed E-state index contributed by atoms with van der Waals surface area (Å²) in [7, 11) is 0. The molecule has 2 nitrogen and oxygen atoms in total. The predicted octanol–water partition coefficient (Wildman–Crippen LogP) is 3.60. The van der Waals surface area contributed by atoms with Crippen molar-refractivity contribution in [2.24, 2.45) is 11.8 Å². The van der Waals surface area contributed by atoms with Gasteiger partial charge in [-0.1, -0.05) is 34.0 Å². The Morgan fingerprint density at radius 1 is 1.33 bits per heavy atom. The molecule has 1 saturated carbocycles. The molecule has 2 rings (SSSR count). The van der Waals surface area contributed by atoms with Gasteiger partial charge in [0.05, 0.1) is 0 Å². The van der Waals surface area contributed by atoms with Crippen LogP contribution in [0.3, 0.4) is 0 Å². The molecule has 0 saturated heterocycles. The number of aliphatic hydroxyl groups is 1. The molecule has 1 aromatic carbocycles. The molecule has 0 aromatic heterocycles. The van der Waals surface area contributed by atoms with Crippen molar-refractivity contribution in [1.29, 1.82) is 0 Å². The van der Waals surface area contributed by atoms with Gasteiger partial charge in [-0.05, 0) is 55.0 Å². The van der Waals surface area contributed by atoms with Crippen LogP contribution in [0.1, 0.15) is 24.8 Å². The van der Waals surface area contributed by atoms with E-state index in [4.69, 9.17) is 11.6 Å². The average molecular weight is 333 g/mol. The molecule has 1 aliphatic rings. The highest BCUT2D eigenvalue weighted by molar-refractivity contribution is 9.10. The molecule has 2 atom stereocenters. The Morgan fingerprint density at radius 2 is 2.11 bits per heavy atom. The SMILES string of the molecule is OCC1CCCC1CNCc1cc(Cl)ccc1Br. The molecule has 0 heterocycles. The third kappa shape index (κ3) is 3.70. The van der Waals surface area contributed by atoms with Crippen molar-refractivity contribution in [2.45, 2.75) is 25.8 Å². The molecule has 2 unspecified atom stereocenters. The van der Waals surface area contributed by atoms with Crippen LogP contribution in [0.2, 0.25) is 5.02 Å². The second kappa shape index (κ2) is 6.90. The Labute approximate surface area is 122 Å². The highest BCUT2D eigenvalue weighted by Gasteiger charge is 2.25. The van der Waals surface area contributed by atoms with E-state index in [0.29, 0.717) is 18.4 Å². The number of hydrogen-bond donors (Lipinski definition) is 2. The van der Waals surface area contributed by atoms with Gasteiger partial charge in [0.15, 0.2) is 0 Å². The van der Waals surface area contributed by atoms with Gasteiger partial charge in [-0.2, -0.15) is 0 Å². The van der Waals surface area contributed by atoms with E-state index in [9.17, 15) is 5.11 Å². The number of halogens is 2. The molecule has 0 bridgehead atoms. The third-order valence-electron chi connectivity index (χ3n) is 3.78. The summed E-state index contributed by atoms with van der Waals surface area (Å²) in [6.07, 6.45) is 3.65. The average Bonchev–Trinajstić information content (AvgIpc) is 2.81. The number of nitrogens with one attached hydrogen (secondary N) is 1. The number of aliphatic hydroxyl groups excluding tert-OH is 1. The monoisotopic (exact) mass is 331 g/mol. The van der Waals surface area contributed by atoms with Crippen LogP contribution in [0.5, 0.6) is 0 Å². The maximum absolute atomic E-state index is 9.28. The first-order chi connectivity index (χ1) is 8.70. The van der Waals surface area contributed by atoms with Crippen molar-refractivity contribution in [3.63, 3.8) is 0 Å². The Kier molecular flexibility index (Phi) is 5.49. The maximum atomic E-state index is 9.28. The lowest BCUT2D eigenvalue weighted by molar-refractivity contribution is 0.192. The molecule has 0 aliphatic heterocycles. The lowest BCUT2D eigenvalue weighted by atomic mass is 9.97.